The standard InChI is InChI=1S/C13H26N2O/c1-12-3-2-5-13(11-16,6-4-12)15-9-7-14-8-10-15/h12,14,16H,2-11H2,1H3. The third kappa shape index (κ3) is 2.58. The molecule has 0 bridgehead atoms. The van der Waals surface area contributed by atoms with Crippen molar-refractivity contribution in [2.45, 2.75) is 44.6 Å². The van der Waals surface area contributed by atoms with Crippen LogP contribution in [0.1, 0.15) is 39.0 Å². The Labute approximate surface area is 99.2 Å². The van der Waals surface area contributed by atoms with Gasteiger partial charge >= 0.3 is 0 Å². The summed E-state index contributed by atoms with van der Waals surface area (Å²) < 4.78 is 0. The molecule has 2 N–H and O–H groups in total. The fraction of sp³-hybridized carbons (Fsp3) is 1.00. The summed E-state index contributed by atoms with van der Waals surface area (Å²) in [6.07, 6.45) is 6.28. The molecule has 1 saturated carbocycles. The Morgan fingerprint density at radius 3 is 2.69 bits per heavy atom. The second-order valence-electron chi connectivity index (χ2n) is 5.66. The monoisotopic (exact) mass is 226 g/mol. The first-order chi connectivity index (χ1) is 7.77. The minimum Gasteiger partial charge on any atom is -0.394 e. The molecule has 2 unspecified atom stereocenters. The summed E-state index contributed by atoms with van der Waals surface area (Å²) in [7, 11) is 0. The number of nitrogens with zero attached hydrogens (tertiary/aromatic N) is 1. The average molecular weight is 226 g/mol. The van der Waals surface area contributed by atoms with Gasteiger partial charge in [-0.15, -0.1) is 0 Å². The highest BCUT2D eigenvalue weighted by Gasteiger charge is 2.37. The molecule has 0 aromatic carbocycles. The zero-order valence-electron chi connectivity index (χ0n) is 10.5. The Bertz CT molecular complexity index is 216. The fourth-order valence-corrected chi connectivity index (χ4v) is 3.28. The molecule has 1 aliphatic carbocycles. The van der Waals surface area contributed by atoms with E-state index in [0.29, 0.717) is 6.61 Å². The molecule has 2 atom stereocenters. The lowest BCUT2D eigenvalue weighted by molar-refractivity contribution is 0.00832. The number of rotatable bonds is 2. The number of hydrogen-bond acceptors (Lipinski definition) is 3. The first kappa shape index (κ1) is 12.3. The predicted octanol–water partition coefficient (Wildman–Crippen LogP) is 1.22. The lowest BCUT2D eigenvalue weighted by Gasteiger charge is -2.44. The van der Waals surface area contributed by atoms with Gasteiger partial charge in [0, 0.05) is 31.7 Å². The summed E-state index contributed by atoms with van der Waals surface area (Å²) in [4.78, 5) is 2.54. The van der Waals surface area contributed by atoms with Crippen molar-refractivity contribution < 1.29 is 5.11 Å². The third-order valence-corrected chi connectivity index (χ3v) is 4.52. The lowest BCUT2D eigenvalue weighted by atomic mass is 9.88. The van der Waals surface area contributed by atoms with Crippen LogP contribution in [0.25, 0.3) is 0 Å². The minimum absolute atomic E-state index is 0.104. The second-order valence-corrected chi connectivity index (χ2v) is 5.66. The van der Waals surface area contributed by atoms with Crippen LogP contribution in [-0.2, 0) is 0 Å². The van der Waals surface area contributed by atoms with Crippen molar-refractivity contribution in [2.75, 3.05) is 32.8 Å². The molecule has 0 radical (unpaired) electrons. The summed E-state index contributed by atoms with van der Waals surface area (Å²) in [6.45, 7) is 7.07. The number of aliphatic hydroxyl groups is 1. The molecule has 3 heteroatoms. The molecule has 0 amide bonds. The van der Waals surface area contributed by atoms with Crippen molar-refractivity contribution >= 4 is 0 Å². The van der Waals surface area contributed by atoms with E-state index in [4.69, 9.17) is 0 Å². The third-order valence-electron chi connectivity index (χ3n) is 4.52. The van der Waals surface area contributed by atoms with Gasteiger partial charge in [0.15, 0.2) is 0 Å². The van der Waals surface area contributed by atoms with Crippen LogP contribution < -0.4 is 5.32 Å². The summed E-state index contributed by atoms with van der Waals surface area (Å²) in [5.74, 6) is 0.844. The number of aliphatic hydroxyl groups excluding tert-OH is 1. The van der Waals surface area contributed by atoms with Crippen LogP contribution in [0.5, 0.6) is 0 Å². The topological polar surface area (TPSA) is 35.5 Å². The van der Waals surface area contributed by atoms with Crippen LogP contribution >= 0.6 is 0 Å². The van der Waals surface area contributed by atoms with Gasteiger partial charge in [0.05, 0.1) is 6.61 Å². The number of hydrogen-bond donors (Lipinski definition) is 2. The van der Waals surface area contributed by atoms with E-state index in [2.05, 4.69) is 17.1 Å². The van der Waals surface area contributed by atoms with Crippen LogP contribution in [0.2, 0.25) is 0 Å². The maximum Gasteiger partial charge on any atom is 0.0615 e. The number of piperazine rings is 1. The van der Waals surface area contributed by atoms with Gasteiger partial charge in [-0.25, -0.2) is 0 Å². The molecular weight excluding hydrogens is 200 g/mol. The van der Waals surface area contributed by atoms with Gasteiger partial charge in [0.2, 0.25) is 0 Å². The van der Waals surface area contributed by atoms with Gasteiger partial charge in [-0.05, 0) is 25.2 Å². The van der Waals surface area contributed by atoms with Crippen LogP contribution in [0.15, 0.2) is 0 Å². The summed E-state index contributed by atoms with van der Waals surface area (Å²) in [5.41, 5.74) is 0.104. The van der Waals surface area contributed by atoms with Gasteiger partial charge in [-0.2, -0.15) is 0 Å². The van der Waals surface area contributed by atoms with Gasteiger partial charge in [-0.1, -0.05) is 19.8 Å². The highest BCUT2D eigenvalue weighted by molar-refractivity contribution is 4.94. The Morgan fingerprint density at radius 1 is 1.25 bits per heavy atom. The maximum atomic E-state index is 9.84. The molecule has 3 nitrogen and oxygen atoms in total. The summed E-state index contributed by atoms with van der Waals surface area (Å²) >= 11 is 0. The van der Waals surface area contributed by atoms with Gasteiger partial charge in [0.25, 0.3) is 0 Å². The highest BCUT2D eigenvalue weighted by Crippen LogP contribution is 2.34. The second kappa shape index (κ2) is 5.48. The molecule has 1 aliphatic heterocycles. The molecular formula is C13H26N2O. The smallest absolute Gasteiger partial charge is 0.0615 e. The first-order valence-corrected chi connectivity index (χ1v) is 6.83. The molecule has 1 heterocycles. The molecule has 0 aromatic rings. The highest BCUT2D eigenvalue weighted by atomic mass is 16.3. The average Bonchev–Trinajstić information content (AvgIpc) is 2.53. The molecule has 0 aromatic heterocycles. The van der Waals surface area contributed by atoms with Crippen molar-refractivity contribution in [1.29, 1.82) is 0 Å². The van der Waals surface area contributed by atoms with Crippen LogP contribution in [0, 0.1) is 5.92 Å². The summed E-state index contributed by atoms with van der Waals surface area (Å²) in [6, 6.07) is 0. The summed E-state index contributed by atoms with van der Waals surface area (Å²) in [5, 5.41) is 13.2. The van der Waals surface area contributed by atoms with Crippen molar-refractivity contribution in [1.82, 2.24) is 10.2 Å². The SMILES string of the molecule is CC1CCCC(CO)(N2CCNCC2)CC1. The minimum atomic E-state index is 0.104. The van der Waals surface area contributed by atoms with Gasteiger partial charge in [0.1, 0.15) is 0 Å². The van der Waals surface area contributed by atoms with Crippen molar-refractivity contribution in [3.8, 4) is 0 Å². The molecule has 0 spiro atoms. The Hall–Kier alpha value is -0.120. The van der Waals surface area contributed by atoms with E-state index in [9.17, 15) is 5.11 Å². The number of nitrogens with one attached hydrogen (secondary N) is 1. The van der Waals surface area contributed by atoms with Crippen molar-refractivity contribution in [3.63, 3.8) is 0 Å². The molecule has 16 heavy (non-hydrogen) atoms. The molecule has 2 fully saturated rings. The molecule has 2 rings (SSSR count). The lowest BCUT2D eigenvalue weighted by Crippen LogP contribution is -2.58. The van der Waals surface area contributed by atoms with Crippen LogP contribution in [0.4, 0.5) is 0 Å². The molecule has 94 valence electrons. The van der Waals surface area contributed by atoms with E-state index in [1.807, 2.05) is 0 Å². The van der Waals surface area contributed by atoms with Gasteiger partial charge in [-0.3, -0.25) is 4.90 Å². The van der Waals surface area contributed by atoms with Crippen LogP contribution in [-0.4, -0.2) is 48.3 Å². The zero-order valence-corrected chi connectivity index (χ0v) is 10.5. The van der Waals surface area contributed by atoms with E-state index in [1.54, 1.807) is 0 Å². The maximum absolute atomic E-state index is 9.84. The predicted molar refractivity (Wildman–Crippen MR) is 66.5 cm³/mol. The Kier molecular flexibility index (Phi) is 4.22. The van der Waals surface area contributed by atoms with E-state index >= 15 is 0 Å². The van der Waals surface area contributed by atoms with E-state index in [0.717, 1.165) is 32.1 Å². The van der Waals surface area contributed by atoms with E-state index < -0.39 is 0 Å². The normalized spacial score (nSPS) is 38.2. The Balaban J connectivity index is 2.04. The molecule has 1 saturated heterocycles. The van der Waals surface area contributed by atoms with Crippen LogP contribution in [0.3, 0.4) is 0 Å². The van der Waals surface area contributed by atoms with Crippen molar-refractivity contribution in [2.24, 2.45) is 5.92 Å². The fourth-order valence-electron chi connectivity index (χ4n) is 3.28. The Morgan fingerprint density at radius 2 is 2.00 bits per heavy atom. The quantitative estimate of drug-likeness (QED) is 0.695. The zero-order chi connectivity index (χ0) is 11.4. The molecule has 2 aliphatic rings. The van der Waals surface area contributed by atoms with E-state index in [1.165, 1.54) is 32.1 Å². The van der Waals surface area contributed by atoms with Crippen molar-refractivity contribution in [3.05, 3.63) is 0 Å². The van der Waals surface area contributed by atoms with Gasteiger partial charge < -0.3 is 10.4 Å². The first-order valence-electron chi connectivity index (χ1n) is 6.83. The largest absolute Gasteiger partial charge is 0.394 e. The van der Waals surface area contributed by atoms with E-state index in [-0.39, 0.29) is 5.54 Å².